The number of rotatable bonds is 5. The van der Waals surface area contributed by atoms with E-state index < -0.39 is 0 Å². The minimum absolute atomic E-state index is 0.111. The molecule has 0 unspecified atom stereocenters. The number of amides is 2. The van der Waals surface area contributed by atoms with Crippen LogP contribution in [0, 0.1) is 0 Å². The molecule has 0 saturated heterocycles. The summed E-state index contributed by atoms with van der Waals surface area (Å²) in [5, 5.41) is 5.22. The van der Waals surface area contributed by atoms with Crippen molar-refractivity contribution in [2.75, 3.05) is 6.54 Å². The standard InChI is InChI=1S/C9H14N4O2/c1-7(14)10-3-2-9(15)13-6-8-11-4-5-12-8/h4-5H,2-3,6H2,1H3,(H,10,14)(H,11,12)(H,13,15). The zero-order valence-electron chi connectivity index (χ0n) is 8.54. The number of carbonyl (C=O) groups excluding carboxylic acids is 2. The lowest BCUT2D eigenvalue weighted by Gasteiger charge is -2.03. The molecule has 1 rings (SSSR count). The van der Waals surface area contributed by atoms with Crippen molar-refractivity contribution in [2.45, 2.75) is 19.9 Å². The van der Waals surface area contributed by atoms with Crippen molar-refractivity contribution in [3.8, 4) is 0 Å². The second-order valence-corrected chi connectivity index (χ2v) is 3.05. The summed E-state index contributed by atoms with van der Waals surface area (Å²) in [6.45, 7) is 2.16. The Labute approximate surface area is 87.5 Å². The minimum Gasteiger partial charge on any atom is -0.356 e. The number of aromatic amines is 1. The molecule has 0 saturated carbocycles. The molecule has 2 amide bonds. The summed E-state index contributed by atoms with van der Waals surface area (Å²) in [5.74, 6) is 0.469. The van der Waals surface area contributed by atoms with Gasteiger partial charge in [-0.3, -0.25) is 9.59 Å². The fourth-order valence-electron chi connectivity index (χ4n) is 1.02. The molecule has 0 aliphatic heterocycles. The van der Waals surface area contributed by atoms with Crippen LogP contribution >= 0.6 is 0 Å². The second-order valence-electron chi connectivity index (χ2n) is 3.05. The smallest absolute Gasteiger partial charge is 0.222 e. The number of imidazole rings is 1. The Morgan fingerprint density at radius 1 is 1.47 bits per heavy atom. The van der Waals surface area contributed by atoms with Crippen molar-refractivity contribution in [2.24, 2.45) is 0 Å². The SMILES string of the molecule is CC(=O)NCCC(=O)NCc1ncc[nH]1. The van der Waals surface area contributed by atoms with Crippen LogP contribution in [0.1, 0.15) is 19.2 Å². The lowest BCUT2D eigenvalue weighted by Crippen LogP contribution is -2.29. The van der Waals surface area contributed by atoms with Crippen LogP contribution in [-0.4, -0.2) is 28.3 Å². The van der Waals surface area contributed by atoms with Crippen LogP contribution in [0.25, 0.3) is 0 Å². The van der Waals surface area contributed by atoms with Gasteiger partial charge in [0.15, 0.2) is 0 Å². The first-order valence-corrected chi connectivity index (χ1v) is 4.68. The van der Waals surface area contributed by atoms with Crippen molar-refractivity contribution in [1.82, 2.24) is 20.6 Å². The maximum atomic E-state index is 11.2. The number of hydrogen-bond acceptors (Lipinski definition) is 3. The Morgan fingerprint density at radius 2 is 2.27 bits per heavy atom. The Kier molecular flexibility index (Phi) is 4.33. The maximum Gasteiger partial charge on any atom is 0.222 e. The first kappa shape index (κ1) is 11.2. The zero-order chi connectivity index (χ0) is 11.1. The lowest BCUT2D eigenvalue weighted by molar-refractivity contribution is -0.121. The lowest BCUT2D eigenvalue weighted by atomic mass is 10.4. The topological polar surface area (TPSA) is 86.9 Å². The summed E-state index contributed by atoms with van der Waals surface area (Å²) >= 11 is 0. The van der Waals surface area contributed by atoms with Crippen LogP contribution < -0.4 is 10.6 Å². The average Bonchev–Trinajstić information content (AvgIpc) is 2.66. The van der Waals surface area contributed by atoms with Crippen LogP contribution in [0.15, 0.2) is 12.4 Å². The highest BCUT2D eigenvalue weighted by atomic mass is 16.2. The molecular weight excluding hydrogens is 196 g/mol. The van der Waals surface area contributed by atoms with Crippen molar-refractivity contribution >= 4 is 11.8 Å². The molecule has 1 heterocycles. The Bertz CT molecular complexity index is 321. The van der Waals surface area contributed by atoms with Crippen molar-refractivity contribution < 1.29 is 9.59 Å². The van der Waals surface area contributed by atoms with E-state index in [1.165, 1.54) is 6.92 Å². The number of nitrogens with zero attached hydrogens (tertiary/aromatic N) is 1. The first-order valence-electron chi connectivity index (χ1n) is 4.68. The number of aromatic nitrogens is 2. The van der Waals surface area contributed by atoms with E-state index in [1.807, 2.05) is 0 Å². The van der Waals surface area contributed by atoms with Crippen LogP contribution in [0.2, 0.25) is 0 Å². The van der Waals surface area contributed by atoms with Gasteiger partial charge >= 0.3 is 0 Å². The number of hydrogen-bond donors (Lipinski definition) is 3. The molecular formula is C9H14N4O2. The molecule has 6 heteroatoms. The van der Waals surface area contributed by atoms with Crippen LogP contribution in [0.4, 0.5) is 0 Å². The van der Waals surface area contributed by atoms with Gasteiger partial charge in [-0.2, -0.15) is 0 Å². The van der Waals surface area contributed by atoms with Gasteiger partial charge in [0.2, 0.25) is 11.8 Å². The van der Waals surface area contributed by atoms with E-state index in [9.17, 15) is 9.59 Å². The van der Waals surface area contributed by atoms with E-state index in [-0.39, 0.29) is 18.2 Å². The highest BCUT2D eigenvalue weighted by Gasteiger charge is 2.02. The molecule has 0 aromatic carbocycles. The van der Waals surface area contributed by atoms with E-state index in [2.05, 4.69) is 20.6 Å². The third-order valence-electron chi connectivity index (χ3n) is 1.73. The largest absolute Gasteiger partial charge is 0.356 e. The zero-order valence-corrected chi connectivity index (χ0v) is 8.54. The van der Waals surface area contributed by atoms with Crippen molar-refractivity contribution in [3.05, 3.63) is 18.2 Å². The summed E-state index contributed by atoms with van der Waals surface area (Å²) in [5.41, 5.74) is 0. The normalized spacial score (nSPS) is 9.67. The predicted octanol–water partition coefficient (Wildman–Crippen LogP) is -0.448. The van der Waals surface area contributed by atoms with Gasteiger partial charge in [0, 0.05) is 32.3 Å². The van der Waals surface area contributed by atoms with Gasteiger partial charge in [-0.25, -0.2) is 4.98 Å². The van der Waals surface area contributed by atoms with E-state index in [1.54, 1.807) is 12.4 Å². The summed E-state index contributed by atoms with van der Waals surface area (Å²) in [6, 6.07) is 0. The monoisotopic (exact) mass is 210 g/mol. The third kappa shape index (κ3) is 4.80. The van der Waals surface area contributed by atoms with Gasteiger partial charge in [-0.05, 0) is 0 Å². The second kappa shape index (κ2) is 5.79. The van der Waals surface area contributed by atoms with Gasteiger partial charge in [0.05, 0.1) is 6.54 Å². The molecule has 3 N–H and O–H groups in total. The quantitative estimate of drug-likeness (QED) is 0.615. The molecule has 0 fully saturated rings. The molecule has 0 radical (unpaired) electrons. The number of carbonyl (C=O) groups is 2. The summed E-state index contributed by atoms with van der Waals surface area (Å²) in [4.78, 5) is 28.6. The predicted molar refractivity (Wildman–Crippen MR) is 53.7 cm³/mol. The van der Waals surface area contributed by atoms with E-state index >= 15 is 0 Å². The molecule has 6 nitrogen and oxygen atoms in total. The molecule has 0 atom stereocenters. The van der Waals surface area contributed by atoms with Crippen molar-refractivity contribution in [3.63, 3.8) is 0 Å². The molecule has 1 aromatic rings. The van der Waals surface area contributed by atoms with Crippen LogP contribution in [0.3, 0.4) is 0 Å². The van der Waals surface area contributed by atoms with Crippen molar-refractivity contribution in [1.29, 1.82) is 0 Å². The Morgan fingerprint density at radius 3 is 2.87 bits per heavy atom. The van der Waals surface area contributed by atoms with E-state index in [4.69, 9.17) is 0 Å². The summed E-state index contributed by atoms with van der Waals surface area (Å²) in [7, 11) is 0. The molecule has 82 valence electrons. The number of H-pyrrole nitrogens is 1. The van der Waals surface area contributed by atoms with Gasteiger partial charge < -0.3 is 15.6 Å². The van der Waals surface area contributed by atoms with E-state index in [0.717, 1.165) is 0 Å². The molecule has 0 aliphatic rings. The first-order chi connectivity index (χ1) is 7.18. The molecule has 0 aliphatic carbocycles. The van der Waals surface area contributed by atoms with E-state index in [0.29, 0.717) is 18.9 Å². The summed E-state index contributed by atoms with van der Waals surface area (Å²) in [6.07, 6.45) is 3.60. The highest BCUT2D eigenvalue weighted by Crippen LogP contribution is 1.87. The number of nitrogens with one attached hydrogen (secondary N) is 3. The van der Waals surface area contributed by atoms with Gasteiger partial charge in [0.1, 0.15) is 5.82 Å². The van der Waals surface area contributed by atoms with Crippen LogP contribution in [-0.2, 0) is 16.1 Å². The van der Waals surface area contributed by atoms with Gasteiger partial charge in [-0.1, -0.05) is 0 Å². The van der Waals surface area contributed by atoms with Gasteiger partial charge in [0.25, 0.3) is 0 Å². The van der Waals surface area contributed by atoms with Crippen LogP contribution in [0.5, 0.6) is 0 Å². The maximum absolute atomic E-state index is 11.2. The Hall–Kier alpha value is -1.85. The molecule has 15 heavy (non-hydrogen) atoms. The minimum atomic E-state index is -0.131. The fraction of sp³-hybridized carbons (Fsp3) is 0.444. The molecule has 0 spiro atoms. The van der Waals surface area contributed by atoms with Gasteiger partial charge in [-0.15, -0.1) is 0 Å². The average molecular weight is 210 g/mol. The Balaban J connectivity index is 2.11. The molecule has 0 bridgehead atoms. The molecule has 1 aromatic heterocycles. The fourth-order valence-corrected chi connectivity index (χ4v) is 1.02. The highest BCUT2D eigenvalue weighted by molar-refractivity contribution is 5.77. The summed E-state index contributed by atoms with van der Waals surface area (Å²) < 4.78 is 0. The third-order valence-corrected chi connectivity index (χ3v) is 1.73.